The molecule has 12 aliphatic rings. The van der Waals surface area contributed by atoms with Crippen LogP contribution in [0.4, 0.5) is 27.6 Å². The zero-order chi connectivity index (χ0) is 109. The summed E-state index contributed by atoms with van der Waals surface area (Å²) in [6, 6.07) is 16.3. The van der Waals surface area contributed by atoms with E-state index < -0.39 is 259 Å². The van der Waals surface area contributed by atoms with E-state index in [0.717, 1.165) is 12.2 Å². The van der Waals surface area contributed by atoms with Crippen LogP contribution in [0.25, 0.3) is 0 Å². The second kappa shape index (κ2) is 45.0. The van der Waals surface area contributed by atoms with Gasteiger partial charge in [0.15, 0.2) is 28.9 Å². The van der Waals surface area contributed by atoms with Crippen LogP contribution in [-0.4, -0.2) is 251 Å². The van der Waals surface area contributed by atoms with Crippen LogP contribution >= 0.6 is 0 Å². The van der Waals surface area contributed by atoms with Gasteiger partial charge >= 0.3 is 30.2 Å². The fraction of sp³-hybridized carbons (Fsp3) is 0.519. The minimum absolute atomic E-state index is 0.0141. The van der Waals surface area contributed by atoms with Crippen molar-refractivity contribution >= 4 is 131 Å². The summed E-state index contributed by atoms with van der Waals surface area (Å²) in [7, 11) is -10.3. The van der Waals surface area contributed by atoms with Crippen molar-refractivity contribution in [2.24, 2.45) is 51.8 Å². The molecule has 3 N–H and O–H groups in total. The molecule has 6 saturated carbocycles. The smallest absolute Gasteiger partial charge is 0.410 e. The number of amides is 10. The van der Waals surface area contributed by atoms with Gasteiger partial charge in [-0.05, 0) is 161 Å². The lowest BCUT2D eigenvalue weighted by atomic mass is 9.88. The zero-order valence-electron chi connectivity index (χ0n) is 84.5. The number of halogens is 3. The summed E-state index contributed by atoms with van der Waals surface area (Å²) >= 11 is 0. The maximum atomic E-state index is 14.4. The van der Waals surface area contributed by atoms with Crippen LogP contribution in [0.3, 0.4) is 0 Å². The molecule has 6 aliphatic heterocycles. The summed E-state index contributed by atoms with van der Waals surface area (Å²) in [5.41, 5.74) is -1.85. The van der Waals surface area contributed by atoms with E-state index in [1.54, 1.807) is 83.1 Å². The van der Waals surface area contributed by atoms with Gasteiger partial charge < -0.3 is 43.3 Å². The molecular formula is C106H125F3N10O28S3. The number of sulfonamides is 3. The second-order valence-electron chi connectivity index (χ2n) is 42.2. The molecule has 38 nitrogen and oxygen atoms in total. The maximum absolute atomic E-state index is 14.4. The van der Waals surface area contributed by atoms with Gasteiger partial charge in [-0.25, -0.2) is 52.8 Å². The first-order valence-corrected chi connectivity index (χ1v) is 54.6. The number of rotatable bonds is 40. The number of esters is 2. The van der Waals surface area contributed by atoms with Crippen LogP contribution in [0.5, 0.6) is 5.75 Å². The normalized spacial score (nSPS) is 24.5. The topological polar surface area (TPSA) is 498 Å². The molecule has 44 heteroatoms. The number of likely N-dealkylation sites (N-methyl/N-ethyl adjacent to an activating group) is 1. The Balaban J connectivity index is 0.000000178. The summed E-state index contributed by atoms with van der Waals surface area (Å²) in [5.74, 6) is -13.4. The molecule has 14 atom stereocenters. The van der Waals surface area contributed by atoms with Crippen LogP contribution in [0.15, 0.2) is 142 Å². The van der Waals surface area contributed by atoms with Crippen LogP contribution in [0.2, 0.25) is 0 Å². The van der Waals surface area contributed by atoms with Crippen molar-refractivity contribution in [1.82, 2.24) is 48.5 Å². The van der Waals surface area contributed by atoms with Gasteiger partial charge in [0.1, 0.15) is 47.1 Å². The predicted octanol–water partition coefficient (Wildman–Crippen LogP) is 10.0. The minimum Gasteiger partial charge on any atom is -0.460 e. The van der Waals surface area contributed by atoms with Gasteiger partial charge in [-0.3, -0.25) is 96.0 Å². The number of nitrogens with zero attached hydrogens (tertiary/aromatic N) is 7. The van der Waals surface area contributed by atoms with Crippen molar-refractivity contribution in [3.63, 3.8) is 0 Å². The van der Waals surface area contributed by atoms with E-state index in [0.29, 0.717) is 71.9 Å². The number of para-hydroxylation sites is 1. The molecule has 0 spiro atoms. The minimum atomic E-state index is -3.93. The molecule has 0 bridgehead atoms. The molecular weight excluding hydrogens is 2010 g/mol. The first-order valence-electron chi connectivity index (χ1n) is 50.0. The number of Topliss-reactive ketones (excluding diaryl/α,β-unsaturated/α-hetero) is 4. The molecule has 4 aromatic rings. The molecule has 6 heterocycles. The highest BCUT2D eigenvalue weighted by atomic mass is 32.2. The molecule has 0 radical (unpaired) electrons. The third-order valence-electron chi connectivity index (χ3n) is 29.8. The Bertz CT molecular complexity index is 6560. The number of benzene rings is 4. The molecule has 10 amide bonds. The zero-order valence-corrected chi connectivity index (χ0v) is 87.0. The highest BCUT2D eigenvalue weighted by Gasteiger charge is 2.65. The Labute approximate surface area is 867 Å². The summed E-state index contributed by atoms with van der Waals surface area (Å²) in [6.07, 6.45) is 2.10. The second-order valence-corrected chi connectivity index (χ2v) is 48.1. The third kappa shape index (κ3) is 25.7. The number of nitrogens with one attached hydrogen (secondary N) is 3. The van der Waals surface area contributed by atoms with Crippen molar-refractivity contribution in [3.05, 3.63) is 199 Å². The Morgan fingerprint density at radius 1 is 0.480 bits per heavy atom. The van der Waals surface area contributed by atoms with E-state index in [1.807, 2.05) is 0 Å². The molecule has 3 saturated heterocycles. The van der Waals surface area contributed by atoms with Crippen molar-refractivity contribution in [2.75, 3.05) is 33.2 Å². The van der Waals surface area contributed by atoms with Crippen molar-refractivity contribution in [3.8, 4) is 5.75 Å². The highest BCUT2D eigenvalue weighted by molar-refractivity contribution is 7.91. The van der Waals surface area contributed by atoms with Gasteiger partial charge in [0.25, 0.3) is 0 Å². The number of likely N-dealkylation sites (tertiary alicyclic amines) is 3. The Morgan fingerprint density at radius 2 is 0.847 bits per heavy atom. The number of fused-ring (bicyclic) bond motifs is 3. The summed E-state index contributed by atoms with van der Waals surface area (Å²) in [5, 5.41) is -1.96. The Kier molecular flexibility index (Phi) is 33.7. The average Bonchev–Trinajstić information content (AvgIpc) is 1.58. The van der Waals surface area contributed by atoms with E-state index in [2.05, 4.69) is 47.1 Å². The number of carbonyl (C=O) groups excluding carboxylic acids is 17. The van der Waals surface area contributed by atoms with E-state index in [1.165, 1.54) is 96.8 Å². The van der Waals surface area contributed by atoms with Crippen LogP contribution in [0, 0.1) is 69.2 Å². The monoisotopic (exact) mass is 2140 g/mol. The number of carbonyl (C=O) groups is 17. The first-order chi connectivity index (χ1) is 70.7. The quantitative estimate of drug-likeness (QED) is 0.00930. The van der Waals surface area contributed by atoms with Crippen LogP contribution in [-0.2, 0) is 151 Å². The van der Waals surface area contributed by atoms with E-state index in [-0.39, 0.29) is 159 Å². The fourth-order valence-corrected chi connectivity index (χ4v) is 24.8. The lowest BCUT2D eigenvalue weighted by molar-refractivity contribution is -0.159. The number of hydrogen-bond acceptors (Lipinski definition) is 28. The average molecular weight is 2140 g/mol. The van der Waals surface area contributed by atoms with Gasteiger partial charge in [0.05, 0.1) is 107 Å². The number of allylic oxidation sites excluding steroid dienone is 4. The highest BCUT2D eigenvalue weighted by Crippen LogP contribution is 2.60. The SMILES string of the molecule is C=CC(=O)C[C@@H](C(=O)N1C[C@H](OC(=O)N2Cc3cccc(F)c3C2)C[C@H]1C(=O)C[C@]1(C(=O)NS(=O)(=O)C2CC2)C[C@H]1C=C)C(C)C.C=CC(=O)N(C)C[C@H](CC(=O)OC(C)(C)C)C(=O)N1C[C@H](OC(=O)N2Cc3cccc(F)c3C2)C[C@H]1C(=O)C[C@]1(C(=O)NS(=O)(=O)C2CC2)C[C@H]1C=C.C=C[C@@H]1C[C@]1(CC(=O)[C@@H]1C[C@@H](OC(=O)N2Cc3cccc(F)c3C2)CN1C(=O)CCC(=O)c1ccccc1OC(C)=O)C(=O)NS(=O)(=O)C1CC1. The summed E-state index contributed by atoms with van der Waals surface area (Å²) in [6.45, 7) is 27.4. The van der Waals surface area contributed by atoms with Crippen molar-refractivity contribution < 1.29 is 144 Å². The Morgan fingerprint density at radius 3 is 1.18 bits per heavy atom. The standard InChI is InChI=1S/C37H47FN4O10S.C36H38FN3O10S.C33H40FN3O8S/c1-7-24-16-37(24,34(47)39-53(49,50)26-12-13-26)17-30(43)29-15-25(51-35(48)41-19-22-10-9-11-28(38)27(22)21-41)20-42(29)33(46)23(18-40(6)31(44)8-2)14-32(45)52-36(3,4)5;1-3-23-16-36(23,34(45)38-51(47,48)25-11-12-25)17-31(43)29-15-24(50-35(46)39-18-22-7-6-9-28(37)27(22)20-39)19-40(29)33(44)14-13-30(42)26-8-4-5-10-32(26)49-21(2)41;1-5-21-14-33(21,31(41)35-46(43,44)24-10-11-24)15-29(39)28-13-23(17-37(28)30(40)25(19(3)4)12-22(38)6-2)45-32(42)36-16-20-8-7-9-27(34)26(20)18-36/h7-11,23-26,29H,1-2,12-21H2,3-6H3,(H,39,47);3-10,23-25,29H,1,11-20H2,2H3,(H,38,45);5-9,19,21,23-25,28H,1-2,10-18H2,3-4H3,(H,35,41)/t23-,24+,25+,29-,37+;23-,24-,29+,36-;21-,23-,25-,28+,33-/m011/s1. The molecule has 806 valence electrons. The van der Waals surface area contributed by atoms with Gasteiger partial charge in [-0.1, -0.05) is 93.8 Å². The first kappa shape index (κ1) is 112. The predicted molar refractivity (Wildman–Crippen MR) is 531 cm³/mol. The molecule has 0 aromatic heterocycles. The van der Waals surface area contributed by atoms with E-state index in [4.69, 9.17) is 23.7 Å². The number of hydrogen-bond donors (Lipinski definition) is 3. The molecule has 4 aromatic carbocycles. The molecule has 150 heavy (non-hydrogen) atoms. The molecule has 16 rings (SSSR count). The molecule has 9 fully saturated rings. The summed E-state index contributed by atoms with van der Waals surface area (Å²) in [4.78, 5) is 236. The summed E-state index contributed by atoms with van der Waals surface area (Å²) < 4.78 is 153. The number of ether oxygens (including phenoxy) is 5. The lowest BCUT2D eigenvalue weighted by Crippen LogP contribution is -2.48. The van der Waals surface area contributed by atoms with E-state index in [9.17, 15) is 120 Å². The van der Waals surface area contributed by atoms with Gasteiger partial charge in [0, 0.05) is 121 Å². The van der Waals surface area contributed by atoms with Crippen LogP contribution in [0.1, 0.15) is 207 Å². The lowest BCUT2D eigenvalue weighted by Gasteiger charge is -2.31. The molecule has 0 unspecified atom stereocenters. The van der Waals surface area contributed by atoms with Gasteiger partial charge in [-0.2, -0.15) is 0 Å². The molecule has 6 aliphatic carbocycles. The fourth-order valence-electron chi connectivity index (χ4n) is 20.6. The Hall–Kier alpha value is -13.4. The van der Waals surface area contributed by atoms with Crippen LogP contribution < -0.4 is 18.9 Å². The number of ketones is 5. The largest absolute Gasteiger partial charge is 0.460 e. The third-order valence-corrected chi connectivity index (χ3v) is 35.3. The van der Waals surface area contributed by atoms with E-state index >= 15 is 0 Å². The van der Waals surface area contributed by atoms with Crippen molar-refractivity contribution in [1.29, 1.82) is 0 Å². The van der Waals surface area contributed by atoms with Gasteiger partial charge in [-0.15, -0.1) is 19.7 Å². The maximum Gasteiger partial charge on any atom is 0.410 e. The van der Waals surface area contributed by atoms with Gasteiger partial charge in [0.2, 0.25) is 71.4 Å². The van der Waals surface area contributed by atoms with Crippen molar-refractivity contribution in [2.45, 2.75) is 261 Å².